The summed E-state index contributed by atoms with van der Waals surface area (Å²) in [5.41, 5.74) is 1.25. The van der Waals surface area contributed by atoms with E-state index in [1.54, 1.807) is 39.8 Å². The van der Waals surface area contributed by atoms with E-state index < -0.39 is 17.3 Å². The molecule has 1 amide bonds. The third kappa shape index (κ3) is 2.84. The molecule has 2 aromatic rings. The van der Waals surface area contributed by atoms with Gasteiger partial charge in [-0.2, -0.15) is 0 Å². The average Bonchev–Trinajstić information content (AvgIpc) is 2.49. The number of phenols is 1. The second-order valence-electron chi connectivity index (χ2n) is 7.08. The molecule has 1 aromatic heterocycles. The number of fused-ring (bicyclic) bond motifs is 3. The van der Waals surface area contributed by atoms with Crippen molar-refractivity contribution in [3.8, 4) is 5.75 Å². The minimum Gasteiger partial charge on any atom is -0.508 e. The van der Waals surface area contributed by atoms with Crippen LogP contribution in [0.5, 0.6) is 5.75 Å². The van der Waals surface area contributed by atoms with Gasteiger partial charge in [-0.15, -0.1) is 0 Å². The third-order valence-corrected chi connectivity index (χ3v) is 4.14. The van der Waals surface area contributed by atoms with Crippen molar-refractivity contribution in [2.24, 2.45) is 0 Å². The van der Waals surface area contributed by atoms with E-state index in [4.69, 9.17) is 9.15 Å². The van der Waals surface area contributed by atoms with Crippen molar-refractivity contribution in [1.29, 1.82) is 0 Å². The lowest BCUT2D eigenvalue weighted by atomic mass is 9.96. The van der Waals surface area contributed by atoms with Crippen LogP contribution < -0.4 is 5.63 Å². The van der Waals surface area contributed by atoms with Gasteiger partial charge < -0.3 is 19.2 Å². The molecule has 1 aliphatic rings. The highest BCUT2D eigenvalue weighted by Gasteiger charge is 2.29. The van der Waals surface area contributed by atoms with Gasteiger partial charge >= 0.3 is 11.7 Å². The molecule has 0 bridgehead atoms. The van der Waals surface area contributed by atoms with Crippen LogP contribution in [0.15, 0.2) is 21.3 Å². The summed E-state index contributed by atoms with van der Waals surface area (Å²) in [5, 5.41) is 10.6. The fourth-order valence-corrected chi connectivity index (χ4v) is 2.94. The number of hydrogen-bond donors (Lipinski definition) is 1. The quantitative estimate of drug-likeness (QED) is 0.750. The van der Waals surface area contributed by atoms with Crippen molar-refractivity contribution >= 4 is 17.1 Å². The molecule has 6 nitrogen and oxygen atoms in total. The average molecular weight is 331 g/mol. The number of aromatic hydroxyl groups is 1. The summed E-state index contributed by atoms with van der Waals surface area (Å²) in [7, 11) is 0. The van der Waals surface area contributed by atoms with Crippen molar-refractivity contribution in [3.05, 3.63) is 39.2 Å². The van der Waals surface area contributed by atoms with Crippen LogP contribution in [-0.4, -0.2) is 28.2 Å². The minimum atomic E-state index is -0.583. The smallest absolute Gasteiger partial charge is 0.410 e. The second kappa shape index (κ2) is 5.54. The van der Waals surface area contributed by atoms with Gasteiger partial charge in [0.1, 0.15) is 16.9 Å². The molecule has 1 aliphatic heterocycles. The molecule has 6 heteroatoms. The van der Waals surface area contributed by atoms with Gasteiger partial charge in [-0.1, -0.05) is 0 Å². The molecule has 0 saturated heterocycles. The van der Waals surface area contributed by atoms with Gasteiger partial charge in [0.15, 0.2) is 0 Å². The molecule has 0 fully saturated rings. The molecule has 1 N–H and O–H groups in total. The highest BCUT2D eigenvalue weighted by Crippen LogP contribution is 2.31. The zero-order chi connectivity index (χ0) is 17.6. The Kier molecular flexibility index (Phi) is 3.78. The zero-order valence-corrected chi connectivity index (χ0v) is 14.3. The van der Waals surface area contributed by atoms with E-state index in [9.17, 15) is 14.7 Å². The summed E-state index contributed by atoms with van der Waals surface area (Å²) >= 11 is 0. The zero-order valence-electron chi connectivity index (χ0n) is 14.3. The molecule has 1 aromatic carbocycles. The highest BCUT2D eigenvalue weighted by molar-refractivity contribution is 5.86. The Morgan fingerprint density at radius 1 is 1.29 bits per heavy atom. The van der Waals surface area contributed by atoms with E-state index in [1.807, 2.05) is 0 Å². The Hall–Kier alpha value is -2.50. The lowest BCUT2D eigenvalue weighted by molar-refractivity contribution is 0.0222. The summed E-state index contributed by atoms with van der Waals surface area (Å²) in [5.74, 6) is 0.0943. The first kappa shape index (κ1) is 16.4. The van der Waals surface area contributed by atoms with Crippen LogP contribution in [0.2, 0.25) is 0 Å². The van der Waals surface area contributed by atoms with Crippen LogP contribution in [0.25, 0.3) is 11.0 Å². The lowest BCUT2D eigenvalue weighted by Crippen LogP contribution is -2.41. The van der Waals surface area contributed by atoms with Crippen molar-refractivity contribution in [2.45, 2.75) is 46.3 Å². The summed E-state index contributed by atoms with van der Waals surface area (Å²) in [6.45, 7) is 7.77. The number of carbonyl (C=O) groups is 1. The van der Waals surface area contributed by atoms with Crippen LogP contribution in [0.1, 0.15) is 37.5 Å². The molecular formula is C18H21NO5. The monoisotopic (exact) mass is 331 g/mol. The number of ether oxygens (including phenoxy) is 1. The van der Waals surface area contributed by atoms with Gasteiger partial charge in [0.05, 0.1) is 12.1 Å². The number of nitrogens with zero attached hydrogens (tertiary/aromatic N) is 1. The van der Waals surface area contributed by atoms with Crippen LogP contribution in [0, 0.1) is 6.92 Å². The molecule has 0 atom stereocenters. The Labute approximate surface area is 139 Å². The van der Waals surface area contributed by atoms with Gasteiger partial charge in [-0.25, -0.2) is 9.59 Å². The van der Waals surface area contributed by atoms with E-state index in [0.717, 1.165) is 10.9 Å². The minimum absolute atomic E-state index is 0.0943. The summed E-state index contributed by atoms with van der Waals surface area (Å²) in [6.07, 6.45) is 0.107. The maximum absolute atomic E-state index is 12.4. The predicted molar refractivity (Wildman–Crippen MR) is 89.2 cm³/mol. The molecule has 128 valence electrons. The van der Waals surface area contributed by atoms with Gasteiger partial charge in [0.25, 0.3) is 0 Å². The van der Waals surface area contributed by atoms with Crippen molar-refractivity contribution < 1.29 is 19.1 Å². The highest BCUT2D eigenvalue weighted by atomic mass is 16.6. The Bertz CT molecular complexity index is 876. The lowest BCUT2D eigenvalue weighted by Gasteiger charge is -2.31. The molecule has 24 heavy (non-hydrogen) atoms. The molecular weight excluding hydrogens is 310 g/mol. The van der Waals surface area contributed by atoms with Crippen LogP contribution in [0.4, 0.5) is 4.79 Å². The summed E-state index contributed by atoms with van der Waals surface area (Å²) in [4.78, 5) is 26.1. The first-order chi connectivity index (χ1) is 11.2. The number of benzene rings is 1. The van der Waals surface area contributed by atoms with Crippen molar-refractivity contribution in [2.75, 3.05) is 6.54 Å². The van der Waals surface area contributed by atoms with E-state index >= 15 is 0 Å². The molecule has 2 heterocycles. The van der Waals surface area contributed by atoms with E-state index in [1.165, 1.54) is 4.90 Å². The molecule has 0 spiro atoms. The van der Waals surface area contributed by atoms with Crippen molar-refractivity contribution in [3.63, 3.8) is 0 Å². The topological polar surface area (TPSA) is 80.0 Å². The van der Waals surface area contributed by atoms with E-state index in [2.05, 4.69) is 0 Å². The van der Waals surface area contributed by atoms with Crippen LogP contribution in [-0.2, 0) is 17.7 Å². The molecule has 0 radical (unpaired) electrons. The van der Waals surface area contributed by atoms with Crippen molar-refractivity contribution in [1.82, 2.24) is 4.90 Å². The Morgan fingerprint density at radius 2 is 2.00 bits per heavy atom. The standard InChI is InChI=1S/C18H21NO5/c1-10-14(20)6-5-12-11-7-8-19(17(22)24-18(2,3)4)9-13(11)16(21)23-15(10)12/h5-6,20H,7-9H2,1-4H3. The fraction of sp³-hybridized carbons (Fsp3) is 0.444. The largest absolute Gasteiger partial charge is 0.508 e. The first-order valence-corrected chi connectivity index (χ1v) is 7.92. The number of carbonyl (C=O) groups excluding carboxylic acids is 1. The Morgan fingerprint density at radius 3 is 2.67 bits per heavy atom. The van der Waals surface area contributed by atoms with Gasteiger partial charge in [-0.05, 0) is 51.8 Å². The SMILES string of the molecule is Cc1c(O)ccc2c3c(c(=O)oc12)CN(C(=O)OC(C)(C)C)CC3. The molecule has 3 rings (SSSR count). The van der Waals surface area contributed by atoms with E-state index in [0.29, 0.717) is 29.7 Å². The van der Waals surface area contributed by atoms with E-state index in [-0.39, 0.29) is 12.3 Å². The Balaban J connectivity index is 2.01. The van der Waals surface area contributed by atoms with Crippen LogP contribution in [0.3, 0.4) is 0 Å². The normalized spacial score (nSPS) is 14.6. The maximum atomic E-state index is 12.4. The first-order valence-electron chi connectivity index (χ1n) is 7.92. The number of hydrogen-bond acceptors (Lipinski definition) is 5. The van der Waals surface area contributed by atoms with Crippen LogP contribution >= 0.6 is 0 Å². The molecule has 0 saturated carbocycles. The number of rotatable bonds is 0. The fourth-order valence-electron chi connectivity index (χ4n) is 2.94. The third-order valence-electron chi connectivity index (χ3n) is 4.14. The summed E-state index contributed by atoms with van der Waals surface area (Å²) < 4.78 is 10.8. The molecule has 0 aliphatic carbocycles. The second-order valence-corrected chi connectivity index (χ2v) is 7.08. The van der Waals surface area contributed by atoms with Gasteiger partial charge in [-0.3, -0.25) is 0 Å². The van der Waals surface area contributed by atoms with Gasteiger partial charge in [0, 0.05) is 17.5 Å². The maximum Gasteiger partial charge on any atom is 0.410 e. The summed E-state index contributed by atoms with van der Waals surface area (Å²) in [6, 6.07) is 3.35. The number of phenolic OH excluding ortho intramolecular Hbond substituents is 1. The predicted octanol–water partition coefficient (Wildman–Crippen LogP) is 3.10. The number of aryl methyl sites for hydroxylation is 1. The van der Waals surface area contributed by atoms with Gasteiger partial charge in [0.2, 0.25) is 0 Å². The number of amides is 1. The molecule has 0 unspecified atom stereocenters.